The molecule has 0 saturated heterocycles. The Hall–Kier alpha value is -7.50. The molecule has 3 radical (unpaired) electrons. The topological polar surface area (TPSA) is 80.9 Å². The number of aromatic hydroxyl groups is 4. The van der Waals surface area contributed by atoms with Gasteiger partial charge in [0, 0.05) is 8.41 Å². The third kappa shape index (κ3) is 72.2. The molecule has 1 aliphatic carbocycles. The number of hydrogen-bond donors (Lipinski definition) is 4. The fourth-order valence-corrected chi connectivity index (χ4v) is 9.58. The van der Waals surface area contributed by atoms with E-state index in [1.165, 1.54) is 170 Å². The number of allylic oxidation sites excluding steroid dienone is 21. The van der Waals surface area contributed by atoms with Crippen LogP contribution in [0.15, 0.2) is 271 Å². The largest absolute Gasteiger partial charge is 0.508 e. The molecule has 0 aliphatic heterocycles. The summed E-state index contributed by atoms with van der Waals surface area (Å²) in [5, 5.41) is 37.4. The van der Waals surface area contributed by atoms with Crippen molar-refractivity contribution in [2.75, 3.05) is 0 Å². The van der Waals surface area contributed by atoms with Gasteiger partial charge in [0.25, 0.3) is 0 Å². The molecular weight excluding hydrogens is 1160 g/mol. The van der Waals surface area contributed by atoms with Crippen molar-refractivity contribution in [2.24, 2.45) is 0 Å². The second-order valence-corrected chi connectivity index (χ2v) is 23.5. The van der Waals surface area contributed by atoms with E-state index < -0.39 is 0 Å². The average molecular weight is 1290 g/mol. The Labute approximate surface area is 586 Å². The summed E-state index contributed by atoms with van der Waals surface area (Å²) < 4.78 is 0. The van der Waals surface area contributed by atoms with Gasteiger partial charge in [-0.25, -0.2) is 0 Å². The summed E-state index contributed by atoms with van der Waals surface area (Å²) >= 11 is 0. The summed E-state index contributed by atoms with van der Waals surface area (Å²) in [6.45, 7) is 27.4. The van der Waals surface area contributed by atoms with E-state index in [-0.39, 0.29) is 8.41 Å². The van der Waals surface area contributed by atoms with Gasteiger partial charge in [0.2, 0.25) is 0 Å². The third-order valence-electron chi connectivity index (χ3n) is 14.8. The molecule has 0 bridgehead atoms. The van der Waals surface area contributed by atoms with Crippen molar-refractivity contribution in [3.8, 4) is 23.0 Å². The molecule has 4 N–H and O–H groups in total. The molecule has 4 nitrogen and oxygen atoms in total. The molecule has 0 atom stereocenters. The van der Waals surface area contributed by atoms with Gasteiger partial charge in [-0.05, 0) is 231 Å². The zero-order valence-corrected chi connectivity index (χ0v) is 59.8. The lowest BCUT2D eigenvalue weighted by Gasteiger charge is -2.02. The van der Waals surface area contributed by atoms with Crippen LogP contribution < -0.4 is 0 Å². The predicted octanol–water partition coefficient (Wildman–Crippen LogP) is 27.4. The molecule has 95 heavy (non-hydrogen) atoms. The molecule has 0 saturated carbocycles. The fraction of sp³-hybridized carbons (Fsp3) is 0.422. The van der Waals surface area contributed by atoms with E-state index in [1.54, 1.807) is 24.3 Å². The normalized spacial score (nSPS) is 11.0. The van der Waals surface area contributed by atoms with Crippen LogP contribution in [0.3, 0.4) is 0 Å². The highest BCUT2D eigenvalue weighted by atomic mass is 16.3. The molecular formula is C90H132BO4. The van der Waals surface area contributed by atoms with Crippen LogP contribution in [0.2, 0.25) is 0 Å². The zero-order valence-electron chi connectivity index (χ0n) is 59.8. The van der Waals surface area contributed by atoms with E-state index >= 15 is 0 Å². The second kappa shape index (κ2) is 77.2. The van der Waals surface area contributed by atoms with Gasteiger partial charge in [0.1, 0.15) is 23.0 Å². The number of unbranched alkanes of at least 4 members (excludes halogenated alkanes) is 20. The fourth-order valence-electron chi connectivity index (χ4n) is 9.58. The van der Waals surface area contributed by atoms with Gasteiger partial charge in [-0.3, -0.25) is 0 Å². The number of hydrogen-bond acceptors (Lipinski definition) is 4. The van der Waals surface area contributed by atoms with Gasteiger partial charge < -0.3 is 20.4 Å². The van der Waals surface area contributed by atoms with Crippen molar-refractivity contribution in [3.05, 3.63) is 293 Å². The van der Waals surface area contributed by atoms with Crippen LogP contribution in [0, 0.1) is 0 Å². The maximum atomic E-state index is 9.40. The highest BCUT2D eigenvalue weighted by Crippen LogP contribution is 2.19. The number of phenols is 4. The Morgan fingerprint density at radius 3 is 0.768 bits per heavy atom. The first kappa shape index (κ1) is 91.7. The van der Waals surface area contributed by atoms with Crippen molar-refractivity contribution in [1.82, 2.24) is 0 Å². The summed E-state index contributed by atoms with van der Waals surface area (Å²) in [6, 6.07) is 30.4. The highest BCUT2D eigenvalue weighted by Gasteiger charge is 2.00. The molecule has 0 fully saturated rings. The smallest absolute Gasteiger partial charge is 0.115 e. The first-order valence-electron chi connectivity index (χ1n) is 36.1. The van der Waals surface area contributed by atoms with Crippen LogP contribution >= 0.6 is 0 Å². The van der Waals surface area contributed by atoms with Crippen LogP contribution in [-0.2, 0) is 25.7 Å². The van der Waals surface area contributed by atoms with Gasteiger partial charge >= 0.3 is 0 Å². The number of phenolic OH excluding ortho intramolecular Hbond substituents is 4. The van der Waals surface area contributed by atoms with Gasteiger partial charge in [-0.15, -0.1) is 46.1 Å². The van der Waals surface area contributed by atoms with Gasteiger partial charge in [-0.1, -0.05) is 260 Å². The Morgan fingerprint density at radius 2 is 0.516 bits per heavy atom. The summed E-state index contributed by atoms with van der Waals surface area (Å²) in [6.07, 6.45) is 88.1. The van der Waals surface area contributed by atoms with E-state index in [2.05, 4.69) is 162 Å². The zero-order chi connectivity index (χ0) is 68.9. The molecule has 0 aromatic heterocycles. The highest BCUT2D eigenvalue weighted by molar-refractivity contribution is 5.75. The lowest BCUT2D eigenvalue weighted by Crippen LogP contribution is -1.86. The molecule has 4 aromatic carbocycles. The summed E-state index contributed by atoms with van der Waals surface area (Å²) in [4.78, 5) is 0. The third-order valence-corrected chi connectivity index (χ3v) is 14.8. The molecule has 5 heteroatoms. The minimum atomic E-state index is 0. The maximum Gasteiger partial charge on any atom is 0.115 e. The number of aryl methyl sites for hydroxylation is 4. The molecule has 519 valence electrons. The van der Waals surface area contributed by atoms with Crippen LogP contribution in [0.5, 0.6) is 23.0 Å². The predicted molar refractivity (Wildman–Crippen MR) is 426 cm³/mol. The SMILES string of the molecule is C1=CCC=CC1.C=CC/C=C\C/C=C\CCCCCCCc1cccc(O)c1.C=CC/C=C\CC=C.C=CC/C=C\CCCCCCCc1cccc(O)c1.C=CCC=C.C=CCCCCCCCc1cccc(O)c1.CC/C=C\CCCCCCCc1cccc(O)c1.[B]. The standard InChI is InChI=1S/C21H30O.C18H26O.C17H26O.C15H22O.C8H12.C6H8.C5H8.B/c1-2-3-4-5-6-7-8-9-10-11-12-13-14-16-20-17-15-18-21(22)19-20;1-2-3-4-5-6-7-8-9-10-11-13-17-14-12-15-18(19)16-17;1-2-3-4-5-6-7-8-9-10-12-16-13-11-14-17(18)15-16;1-2-3-4-5-6-7-8-10-14-11-9-12-15(16)13-14;1-3-5-7-8-6-4-2;1-2-4-6-5-3-1;1-3-5-4-2;/h2,4-5,7-8,15,17-19,22H,1,3,6,9-14,16H2;2,4-5,12,14-16,19H,1,3,6-11,13H2;3-4,11,13-15,18H,2,5-10,12H2,1H3;2,9,11-13,16H,1,3-8,10H2;3-4,7-8H,1-2,5-6H2;1-2,5-6H,3-4H2;3-4H,1-2,5H2;/b5-4-,8-7-;5-4-;4-3-;;8-7-;;;. The summed E-state index contributed by atoms with van der Waals surface area (Å²) in [5.41, 5.74) is 4.98. The Bertz CT molecular complexity index is 2580. The minimum Gasteiger partial charge on any atom is -0.508 e. The van der Waals surface area contributed by atoms with Crippen molar-refractivity contribution in [3.63, 3.8) is 0 Å². The van der Waals surface area contributed by atoms with E-state index in [9.17, 15) is 20.4 Å². The Kier molecular flexibility index (Phi) is 74.5. The first-order valence-corrected chi connectivity index (χ1v) is 36.1. The van der Waals surface area contributed by atoms with E-state index in [1.807, 2.05) is 91.1 Å². The van der Waals surface area contributed by atoms with Gasteiger partial charge in [0.15, 0.2) is 0 Å². The van der Waals surface area contributed by atoms with Crippen LogP contribution in [0.4, 0.5) is 0 Å². The Balaban J connectivity index is -0.00000109. The van der Waals surface area contributed by atoms with Crippen molar-refractivity contribution in [1.29, 1.82) is 0 Å². The van der Waals surface area contributed by atoms with Crippen LogP contribution in [-0.4, -0.2) is 28.8 Å². The number of benzene rings is 4. The molecule has 0 unspecified atom stereocenters. The second-order valence-electron chi connectivity index (χ2n) is 23.5. The molecule has 1 aliphatic rings. The molecule has 4 aromatic rings. The summed E-state index contributed by atoms with van der Waals surface area (Å²) in [7, 11) is 0. The van der Waals surface area contributed by atoms with Crippen molar-refractivity contribution in [2.45, 2.75) is 244 Å². The number of rotatable bonds is 45. The molecule has 5 rings (SSSR count). The minimum absolute atomic E-state index is 0. The molecule has 0 heterocycles. The lowest BCUT2D eigenvalue weighted by molar-refractivity contribution is 0.473. The van der Waals surface area contributed by atoms with E-state index in [0.717, 1.165) is 89.9 Å². The monoisotopic (exact) mass is 1290 g/mol. The van der Waals surface area contributed by atoms with Crippen molar-refractivity contribution >= 4 is 8.41 Å². The lowest BCUT2D eigenvalue weighted by atomic mass is 10.0. The molecule has 0 amide bonds. The Morgan fingerprint density at radius 1 is 0.274 bits per heavy atom. The maximum absolute atomic E-state index is 9.40. The summed E-state index contributed by atoms with van der Waals surface area (Å²) in [5.74, 6) is 1.52. The molecule has 0 spiro atoms. The van der Waals surface area contributed by atoms with E-state index in [4.69, 9.17) is 0 Å². The van der Waals surface area contributed by atoms with Crippen LogP contribution in [0.25, 0.3) is 0 Å². The average Bonchev–Trinajstić information content (AvgIpc) is 3.44. The van der Waals surface area contributed by atoms with Crippen LogP contribution in [0.1, 0.15) is 241 Å². The first-order chi connectivity index (χ1) is 46.1. The van der Waals surface area contributed by atoms with Gasteiger partial charge in [-0.2, -0.15) is 0 Å². The van der Waals surface area contributed by atoms with E-state index in [0.29, 0.717) is 23.0 Å². The van der Waals surface area contributed by atoms with Gasteiger partial charge in [0.05, 0.1) is 0 Å². The van der Waals surface area contributed by atoms with Crippen molar-refractivity contribution < 1.29 is 20.4 Å². The quantitative estimate of drug-likeness (QED) is 0.0202.